The van der Waals surface area contributed by atoms with Crippen molar-refractivity contribution in [1.82, 2.24) is 5.32 Å². The molecule has 0 atom stereocenters. The molecule has 1 rings (SSSR count). The number of halogens is 3. The van der Waals surface area contributed by atoms with Crippen LogP contribution in [0, 0.1) is 0 Å². The van der Waals surface area contributed by atoms with Gasteiger partial charge in [-0.1, -0.05) is 12.1 Å². The van der Waals surface area contributed by atoms with Gasteiger partial charge in [0.15, 0.2) is 0 Å². The summed E-state index contributed by atoms with van der Waals surface area (Å²) in [5.74, 6) is 0.479. The molecule has 5 heteroatoms. The maximum atomic E-state index is 12.0. The number of benzene rings is 1. The van der Waals surface area contributed by atoms with Gasteiger partial charge in [-0.25, -0.2) is 8.78 Å². The minimum Gasteiger partial charge on any atom is -0.486 e. The van der Waals surface area contributed by atoms with Crippen molar-refractivity contribution in [2.75, 3.05) is 13.7 Å². The fourth-order valence-electron chi connectivity index (χ4n) is 1.19. The highest BCUT2D eigenvalue weighted by Crippen LogP contribution is 2.29. The molecule has 2 nitrogen and oxygen atoms in total. The summed E-state index contributed by atoms with van der Waals surface area (Å²) in [7, 11) is 1.79. The van der Waals surface area contributed by atoms with E-state index in [4.69, 9.17) is 4.74 Å². The van der Waals surface area contributed by atoms with Gasteiger partial charge in [-0.05, 0) is 29.0 Å². The maximum absolute atomic E-state index is 12.0. The second-order valence-corrected chi connectivity index (χ2v) is 3.81. The molecule has 0 aliphatic carbocycles. The van der Waals surface area contributed by atoms with Gasteiger partial charge in [-0.3, -0.25) is 0 Å². The van der Waals surface area contributed by atoms with Crippen LogP contribution in [0.4, 0.5) is 8.78 Å². The Morgan fingerprint density at radius 2 is 2.20 bits per heavy atom. The van der Waals surface area contributed by atoms with Crippen molar-refractivity contribution in [3.63, 3.8) is 0 Å². The molecule has 15 heavy (non-hydrogen) atoms. The molecule has 0 aliphatic rings. The van der Waals surface area contributed by atoms with E-state index < -0.39 is 13.0 Å². The van der Waals surface area contributed by atoms with Crippen LogP contribution in [0.3, 0.4) is 0 Å². The van der Waals surface area contributed by atoms with E-state index >= 15 is 0 Å². The number of rotatable bonds is 5. The molecule has 0 bridgehead atoms. The molecule has 0 saturated heterocycles. The van der Waals surface area contributed by atoms with Crippen LogP contribution in [0.5, 0.6) is 5.75 Å². The molecule has 0 heterocycles. The van der Waals surface area contributed by atoms with Crippen LogP contribution < -0.4 is 10.1 Å². The Labute approximate surface area is 95.8 Å². The second kappa shape index (κ2) is 6.02. The Balaban J connectivity index is 2.81. The van der Waals surface area contributed by atoms with Gasteiger partial charge < -0.3 is 10.1 Å². The Kier molecular flexibility index (Phi) is 4.98. The normalized spacial score (nSPS) is 10.7. The number of ether oxygens (including phenoxy) is 1. The molecule has 0 spiro atoms. The van der Waals surface area contributed by atoms with Gasteiger partial charge in [0.2, 0.25) is 0 Å². The summed E-state index contributed by atoms with van der Waals surface area (Å²) in [6.07, 6.45) is -2.46. The first kappa shape index (κ1) is 12.4. The molecule has 0 amide bonds. The zero-order valence-corrected chi connectivity index (χ0v) is 9.85. The van der Waals surface area contributed by atoms with Gasteiger partial charge in [0.25, 0.3) is 6.43 Å². The largest absolute Gasteiger partial charge is 0.486 e. The highest BCUT2D eigenvalue weighted by Gasteiger charge is 2.10. The number of hydrogen-bond acceptors (Lipinski definition) is 2. The summed E-state index contributed by atoms with van der Waals surface area (Å²) >= 11 is 3.27. The average Bonchev–Trinajstić information content (AvgIpc) is 2.17. The highest BCUT2D eigenvalue weighted by atomic mass is 79.9. The monoisotopic (exact) mass is 279 g/mol. The summed E-state index contributed by atoms with van der Waals surface area (Å²) in [6.45, 7) is -0.00264. The molecule has 0 radical (unpaired) electrons. The molecule has 0 aromatic heterocycles. The smallest absolute Gasteiger partial charge is 0.272 e. The van der Waals surface area contributed by atoms with E-state index in [0.29, 0.717) is 16.8 Å². The van der Waals surface area contributed by atoms with Crippen molar-refractivity contribution in [1.29, 1.82) is 0 Å². The summed E-state index contributed by atoms with van der Waals surface area (Å²) in [5.41, 5.74) is 0.854. The van der Waals surface area contributed by atoms with Crippen molar-refractivity contribution in [3.05, 3.63) is 28.2 Å². The van der Waals surface area contributed by atoms with Gasteiger partial charge in [0, 0.05) is 12.1 Å². The van der Waals surface area contributed by atoms with Crippen molar-refractivity contribution < 1.29 is 13.5 Å². The first-order valence-corrected chi connectivity index (χ1v) is 5.27. The zero-order valence-electron chi connectivity index (χ0n) is 8.27. The predicted molar refractivity (Wildman–Crippen MR) is 58.4 cm³/mol. The lowest BCUT2D eigenvalue weighted by Crippen LogP contribution is -2.11. The summed E-state index contributed by atoms with van der Waals surface area (Å²) in [4.78, 5) is 0. The molecule has 1 aromatic rings. The van der Waals surface area contributed by atoms with Gasteiger partial charge >= 0.3 is 0 Å². The van der Waals surface area contributed by atoms with E-state index in [2.05, 4.69) is 21.2 Å². The molecule has 0 saturated carbocycles. The third-order valence-electron chi connectivity index (χ3n) is 1.77. The van der Waals surface area contributed by atoms with Crippen LogP contribution in [0.15, 0.2) is 22.7 Å². The predicted octanol–water partition coefficient (Wildman–Crippen LogP) is 2.81. The molecule has 1 aromatic carbocycles. The lowest BCUT2D eigenvalue weighted by atomic mass is 10.2. The number of alkyl halides is 2. The van der Waals surface area contributed by atoms with Gasteiger partial charge in [0.05, 0.1) is 4.47 Å². The van der Waals surface area contributed by atoms with Crippen molar-refractivity contribution in [2.45, 2.75) is 13.0 Å². The molecule has 0 unspecified atom stereocenters. The van der Waals surface area contributed by atoms with Crippen LogP contribution >= 0.6 is 15.9 Å². The Bertz CT molecular complexity index is 320. The number of para-hydroxylation sites is 1. The quantitative estimate of drug-likeness (QED) is 0.895. The van der Waals surface area contributed by atoms with Crippen LogP contribution in [0.25, 0.3) is 0 Å². The molecule has 1 N–H and O–H groups in total. The van der Waals surface area contributed by atoms with E-state index in [1.807, 2.05) is 12.1 Å². The Hall–Kier alpha value is -0.680. The lowest BCUT2D eigenvalue weighted by molar-refractivity contribution is 0.0810. The highest BCUT2D eigenvalue weighted by molar-refractivity contribution is 9.10. The molecule has 84 valence electrons. The van der Waals surface area contributed by atoms with Crippen LogP contribution in [0.2, 0.25) is 0 Å². The van der Waals surface area contributed by atoms with E-state index in [-0.39, 0.29) is 0 Å². The van der Waals surface area contributed by atoms with Gasteiger partial charge in [-0.15, -0.1) is 0 Å². The molecular weight excluding hydrogens is 268 g/mol. The first-order valence-electron chi connectivity index (χ1n) is 4.48. The SMILES string of the molecule is CNCc1cccc(Br)c1OCC(F)F. The van der Waals surface area contributed by atoms with Crippen LogP contribution in [0.1, 0.15) is 5.56 Å². The average molecular weight is 280 g/mol. The minimum atomic E-state index is -2.46. The van der Waals surface area contributed by atoms with Crippen LogP contribution in [-0.2, 0) is 6.54 Å². The van der Waals surface area contributed by atoms with Gasteiger partial charge in [-0.2, -0.15) is 0 Å². The molecular formula is C10H12BrF2NO. The maximum Gasteiger partial charge on any atom is 0.272 e. The third-order valence-corrected chi connectivity index (χ3v) is 2.39. The zero-order chi connectivity index (χ0) is 11.3. The second-order valence-electron chi connectivity index (χ2n) is 2.96. The summed E-state index contributed by atoms with van der Waals surface area (Å²) in [5, 5.41) is 2.95. The van der Waals surface area contributed by atoms with E-state index in [9.17, 15) is 8.78 Å². The molecule has 0 aliphatic heterocycles. The third kappa shape index (κ3) is 3.76. The van der Waals surface area contributed by atoms with Gasteiger partial charge in [0.1, 0.15) is 12.4 Å². The fraction of sp³-hybridized carbons (Fsp3) is 0.400. The first-order chi connectivity index (χ1) is 7.15. The summed E-state index contributed by atoms with van der Waals surface area (Å²) < 4.78 is 29.8. The Morgan fingerprint density at radius 3 is 2.80 bits per heavy atom. The lowest BCUT2D eigenvalue weighted by Gasteiger charge is -2.12. The van der Waals surface area contributed by atoms with Crippen LogP contribution in [-0.4, -0.2) is 20.1 Å². The van der Waals surface area contributed by atoms with E-state index in [1.165, 1.54) is 0 Å². The Morgan fingerprint density at radius 1 is 1.47 bits per heavy atom. The number of hydrogen-bond donors (Lipinski definition) is 1. The van der Waals surface area contributed by atoms with E-state index in [1.54, 1.807) is 13.1 Å². The summed E-state index contributed by atoms with van der Waals surface area (Å²) in [6, 6.07) is 5.44. The standard InChI is InChI=1S/C10H12BrF2NO/c1-14-5-7-3-2-4-8(11)10(7)15-6-9(12)13/h2-4,9,14H,5-6H2,1H3. The topological polar surface area (TPSA) is 21.3 Å². The molecule has 0 fully saturated rings. The minimum absolute atomic E-state index is 0.479. The van der Waals surface area contributed by atoms with Crippen molar-refractivity contribution >= 4 is 15.9 Å². The number of nitrogens with one attached hydrogen (secondary N) is 1. The van der Waals surface area contributed by atoms with E-state index in [0.717, 1.165) is 5.56 Å². The van der Waals surface area contributed by atoms with Crippen molar-refractivity contribution in [3.8, 4) is 5.75 Å². The van der Waals surface area contributed by atoms with Crippen molar-refractivity contribution in [2.24, 2.45) is 0 Å². The fourth-order valence-corrected chi connectivity index (χ4v) is 1.71.